The SMILES string of the molecule is CC(NC(=O)c1cc(Br)cc(C(=O)O)c1)c1nc(C(C)(C)C)no1. The molecule has 128 valence electrons. The fourth-order valence-electron chi connectivity index (χ4n) is 1.90. The molecule has 2 N–H and O–H groups in total. The molecule has 1 unspecified atom stereocenters. The van der Waals surface area contributed by atoms with Crippen LogP contribution in [-0.2, 0) is 5.41 Å². The van der Waals surface area contributed by atoms with Crippen molar-refractivity contribution in [2.75, 3.05) is 0 Å². The number of nitrogens with zero attached hydrogens (tertiary/aromatic N) is 2. The molecule has 24 heavy (non-hydrogen) atoms. The minimum atomic E-state index is -1.11. The van der Waals surface area contributed by atoms with Gasteiger partial charge in [0, 0.05) is 15.5 Å². The Morgan fingerprint density at radius 1 is 1.25 bits per heavy atom. The van der Waals surface area contributed by atoms with Crippen molar-refractivity contribution in [3.63, 3.8) is 0 Å². The zero-order chi connectivity index (χ0) is 18.1. The number of carbonyl (C=O) groups is 2. The van der Waals surface area contributed by atoms with Gasteiger partial charge >= 0.3 is 5.97 Å². The molecule has 0 aliphatic rings. The second-order valence-corrected chi connectivity index (χ2v) is 7.35. The molecule has 0 spiro atoms. The van der Waals surface area contributed by atoms with E-state index < -0.39 is 17.9 Å². The summed E-state index contributed by atoms with van der Waals surface area (Å²) in [7, 11) is 0. The first-order chi connectivity index (χ1) is 11.1. The van der Waals surface area contributed by atoms with Gasteiger partial charge in [-0.05, 0) is 25.1 Å². The quantitative estimate of drug-likeness (QED) is 0.822. The summed E-state index contributed by atoms with van der Waals surface area (Å²) in [6, 6.07) is 3.77. The number of carboxylic acid groups (broad SMARTS) is 1. The molecule has 1 aromatic heterocycles. The molecule has 1 amide bonds. The maximum Gasteiger partial charge on any atom is 0.335 e. The summed E-state index contributed by atoms with van der Waals surface area (Å²) in [5.41, 5.74) is -0.00854. The second kappa shape index (κ2) is 6.72. The first-order valence-corrected chi connectivity index (χ1v) is 8.06. The molecule has 2 rings (SSSR count). The van der Waals surface area contributed by atoms with Crippen LogP contribution in [-0.4, -0.2) is 27.1 Å². The molecular formula is C16H18BrN3O4. The van der Waals surface area contributed by atoms with Gasteiger partial charge in [0.05, 0.1) is 5.56 Å². The summed E-state index contributed by atoms with van der Waals surface area (Å²) < 4.78 is 5.70. The van der Waals surface area contributed by atoms with Gasteiger partial charge in [-0.2, -0.15) is 4.98 Å². The van der Waals surface area contributed by atoms with E-state index in [1.54, 1.807) is 13.0 Å². The second-order valence-electron chi connectivity index (χ2n) is 6.44. The predicted octanol–water partition coefficient (Wildman–Crippen LogP) is 3.32. The summed E-state index contributed by atoms with van der Waals surface area (Å²) in [5.74, 6) is -0.692. The topological polar surface area (TPSA) is 105 Å². The Hall–Kier alpha value is -2.22. The standard InChI is InChI=1S/C16H18BrN3O4/c1-8(13-19-15(20-24-13)16(2,3)4)18-12(21)9-5-10(14(22)23)7-11(17)6-9/h5-8H,1-4H3,(H,18,21)(H,22,23). The van der Waals surface area contributed by atoms with Crippen LogP contribution in [0.4, 0.5) is 0 Å². The minimum Gasteiger partial charge on any atom is -0.478 e. The van der Waals surface area contributed by atoms with Gasteiger partial charge in [-0.3, -0.25) is 4.79 Å². The van der Waals surface area contributed by atoms with Crippen LogP contribution >= 0.6 is 15.9 Å². The fraction of sp³-hybridized carbons (Fsp3) is 0.375. The zero-order valence-electron chi connectivity index (χ0n) is 13.8. The number of hydrogen-bond acceptors (Lipinski definition) is 5. The van der Waals surface area contributed by atoms with Crippen LogP contribution in [0.25, 0.3) is 0 Å². The van der Waals surface area contributed by atoms with E-state index in [4.69, 9.17) is 9.63 Å². The van der Waals surface area contributed by atoms with Gasteiger partial charge in [-0.25, -0.2) is 4.79 Å². The van der Waals surface area contributed by atoms with E-state index in [2.05, 4.69) is 31.4 Å². The Labute approximate surface area is 147 Å². The van der Waals surface area contributed by atoms with Crippen LogP contribution in [0.15, 0.2) is 27.2 Å². The van der Waals surface area contributed by atoms with Crippen LogP contribution < -0.4 is 5.32 Å². The molecule has 2 aromatic rings. The number of hydrogen-bond donors (Lipinski definition) is 2. The molecule has 0 aliphatic heterocycles. The number of rotatable bonds is 4. The smallest absolute Gasteiger partial charge is 0.335 e. The third-order valence-corrected chi connectivity index (χ3v) is 3.70. The number of carboxylic acids is 1. The van der Waals surface area contributed by atoms with E-state index in [0.29, 0.717) is 16.2 Å². The van der Waals surface area contributed by atoms with Crippen molar-refractivity contribution in [1.82, 2.24) is 15.5 Å². The maximum absolute atomic E-state index is 12.3. The molecule has 1 aromatic carbocycles. The van der Waals surface area contributed by atoms with Crippen LogP contribution in [0.3, 0.4) is 0 Å². The lowest BCUT2D eigenvalue weighted by atomic mass is 9.96. The number of halogens is 1. The van der Waals surface area contributed by atoms with Crippen molar-refractivity contribution in [2.24, 2.45) is 0 Å². The highest BCUT2D eigenvalue weighted by atomic mass is 79.9. The highest BCUT2D eigenvalue weighted by Crippen LogP contribution is 2.21. The summed E-state index contributed by atoms with van der Waals surface area (Å²) in [6.07, 6.45) is 0. The number of aromatic nitrogens is 2. The Morgan fingerprint density at radius 3 is 2.42 bits per heavy atom. The number of aromatic carboxylic acids is 1. The number of nitrogens with one attached hydrogen (secondary N) is 1. The predicted molar refractivity (Wildman–Crippen MR) is 90.0 cm³/mol. The summed E-state index contributed by atoms with van der Waals surface area (Å²) in [5, 5.41) is 15.7. The molecule has 1 atom stereocenters. The van der Waals surface area contributed by atoms with Crippen LogP contribution in [0.5, 0.6) is 0 Å². The van der Waals surface area contributed by atoms with Crippen molar-refractivity contribution < 1.29 is 19.2 Å². The Kier molecular flexibility index (Phi) is 5.08. The van der Waals surface area contributed by atoms with Crippen LogP contribution in [0.1, 0.15) is 66.2 Å². The van der Waals surface area contributed by atoms with Crippen molar-refractivity contribution in [1.29, 1.82) is 0 Å². The van der Waals surface area contributed by atoms with Crippen molar-refractivity contribution in [2.45, 2.75) is 39.2 Å². The highest BCUT2D eigenvalue weighted by Gasteiger charge is 2.24. The maximum atomic E-state index is 12.3. The fourth-order valence-corrected chi connectivity index (χ4v) is 2.39. The summed E-state index contributed by atoms with van der Waals surface area (Å²) in [6.45, 7) is 7.59. The van der Waals surface area contributed by atoms with Gasteiger partial charge in [-0.1, -0.05) is 41.9 Å². The molecule has 1 heterocycles. The number of benzene rings is 1. The molecule has 0 saturated carbocycles. The lowest BCUT2D eigenvalue weighted by Gasteiger charge is -2.12. The normalized spacial score (nSPS) is 12.7. The van der Waals surface area contributed by atoms with E-state index >= 15 is 0 Å². The van der Waals surface area contributed by atoms with E-state index in [9.17, 15) is 9.59 Å². The van der Waals surface area contributed by atoms with Gasteiger partial charge in [0.1, 0.15) is 6.04 Å². The van der Waals surface area contributed by atoms with E-state index in [0.717, 1.165) is 0 Å². The van der Waals surface area contributed by atoms with Crippen molar-refractivity contribution >= 4 is 27.8 Å². The van der Waals surface area contributed by atoms with E-state index in [1.165, 1.54) is 12.1 Å². The lowest BCUT2D eigenvalue weighted by Crippen LogP contribution is -2.27. The third kappa shape index (κ3) is 4.19. The van der Waals surface area contributed by atoms with E-state index in [-0.39, 0.29) is 16.5 Å². The molecule has 0 saturated heterocycles. The zero-order valence-corrected chi connectivity index (χ0v) is 15.3. The highest BCUT2D eigenvalue weighted by molar-refractivity contribution is 9.10. The van der Waals surface area contributed by atoms with Gasteiger partial charge in [-0.15, -0.1) is 0 Å². The first-order valence-electron chi connectivity index (χ1n) is 7.27. The largest absolute Gasteiger partial charge is 0.478 e. The average Bonchev–Trinajstić information content (AvgIpc) is 2.96. The minimum absolute atomic E-state index is 0.0231. The van der Waals surface area contributed by atoms with Crippen molar-refractivity contribution in [3.8, 4) is 0 Å². The molecule has 8 heteroatoms. The average molecular weight is 396 g/mol. The monoisotopic (exact) mass is 395 g/mol. The van der Waals surface area contributed by atoms with Crippen molar-refractivity contribution in [3.05, 3.63) is 45.5 Å². The van der Waals surface area contributed by atoms with Gasteiger partial charge in [0.2, 0.25) is 5.89 Å². The molecule has 7 nitrogen and oxygen atoms in total. The summed E-state index contributed by atoms with van der Waals surface area (Å²) in [4.78, 5) is 27.7. The summed E-state index contributed by atoms with van der Waals surface area (Å²) >= 11 is 3.20. The molecule has 0 bridgehead atoms. The molecule has 0 radical (unpaired) electrons. The Bertz CT molecular complexity index is 780. The van der Waals surface area contributed by atoms with Crippen LogP contribution in [0.2, 0.25) is 0 Å². The lowest BCUT2D eigenvalue weighted by molar-refractivity contribution is 0.0696. The number of carbonyl (C=O) groups excluding carboxylic acids is 1. The van der Waals surface area contributed by atoms with Gasteiger partial charge < -0.3 is 14.9 Å². The molecular weight excluding hydrogens is 378 g/mol. The number of amides is 1. The third-order valence-electron chi connectivity index (χ3n) is 3.24. The first kappa shape index (κ1) is 18.1. The Balaban J connectivity index is 2.17. The Morgan fingerprint density at radius 2 is 1.88 bits per heavy atom. The molecule has 0 fully saturated rings. The van der Waals surface area contributed by atoms with Gasteiger partial charge in [0.15, 0.2) is 5.82 Å². The van der Waals surface area contributed by atoms with Crippen LogP contribution in [0, 0.1) is 0 Å². The molecule has 0 aliphatic carbocycles. The van der Waals surface area contributed by atoms with Gasteiger partial charge in [0.25, 0.3) is 5.91 Å². The van der Waals surface area contributed by atoms with E-state index in [1.807, 2.05) is 20.8 Å².